The number of carbonyl (C=O) groups excluding carboxylic acids is 1. The standard InChI is InChI=1S/C21H37BrO2/c1-6-12-20(3,4)16-11-13-21(5)17(15(16)2)9-10-18(21)24-19(23)8-7-14-22/h15-18H,6-14H2,1-5H3. The van der Waals surface area contributed by atoms with Gasteiger partial charge >= 0.3 is 5.97 Å². The molecule has 3 heteroatoms. The number of ether oxygens (including phenoxy) is 1. The maximum atomic E-state index is 12.1. The van der Waals surface area contributed by atoms with Crippen molar-refractivity contribution in [1.82, 2.24) is 0 Å². The SMILES string of the molecule is CCCC(C)(C)C1CCC2(C)C(OC(=O)CCCBr)CCC2C1C. The molecule has 2 aliphatic rings. The van der Waals surface area contributed by atoms with Gasteiger partial charge in [-0.15, -0.1) is 0 Å². The Labute approximate surface area is 157 Å². The Morgan fingerprint density at radius 3 is 2.62 bits per heavy atom. The summed E-state index contributed by atoms with van der Waals surface area (Å²) in [7, 11) is 0. The minimum absolute atomic E-state index is 0.00224. The van der Waals surface area contributed by atoms with Crippen LogP contribution in [0.2, 0.25) is 0 Å². The fourth-order valence-electron chi connectivity index (χ4n) is 6.00. The summed E-state index contributed by atoms with van der Waals surface area (Å²) in [5, 5.41) is 0.873. The molecule has 2 saturated carbocycles. The summed E-state index contributed by atoms with van der Waals surface area (Å²) in [6, 6.07) is 0. The van der Waals surface area contributed by atoms with Gasteiger partial charge in [0.2, 0.25) is 0 Å². The zero-order chi connectivity index (χ0) is 18.0. The minimum Gasteiger partial charge on any atom is -0.462 e. The number of fused-ring (bicyclic) bond motifs is 1. The molecule has 24 heavy (non-hydrogen) atoms. The van der Waals surface area contributed by atoms with Crippen LogP contribution in [0.25, 0.3) is 0 Å². The van der Waals surface area contributed by atoms with Crippen LogP contribution in [0.15, 0.2) is 0 Å². The van der Waals surface area contributed by atoms with Crippen LogP contribution in [-0.2, 0) is 9.53 Å². The maximum absolute atomic E-state index is 12.1. The highest BCUT2D eigenvalue weighted by Crippen LogP contribution is 2.60. The Hall–Kier alpha value is -0.0500. The number of alkyl halides is 1. The average molecular weight is 401 g/mol. The summed E-state index contributed by atoms with van der Waals surface area (Å²) < 4.78 is 5.94. The largest absolute Gasteiger partial charge is 0.462 e. The molecule has 2 aliphatic carbocycles. The molecule has 0 aliphatic heterocycles. The number of esters is 1. The molecule has 0 amide bonds. The second-order valence-electron chi connectivity index (χ2n) is 9.20. The molecule has 0 spiro atoms. The van der Waals surface area contributed by atoms with Gasteiger partial charge in [-0.25, -0.2) is 0 Å². The lowest BCUT2D eigenvalue weighted by atomic mass is 9.54. The van der Waals surface area contributed by atoms with E-state index in [0.29, 0.717) is 17.8 Å². The van der Waals surface area contributed by atoms with E-state index in [9.17, 15) is 4.79 Å². The summed E-state index contributed by atoms with van der Waals surface area (Å²) in [6.07, 6.45) is 8.94. The van der Waals surface area contributed by atoms with Crippen molar-refractivity contribution in [3.63, 3.8) is 0 Å². The van der Waals surface area contributed by atoms with E-state index in [1.807, 2.05) is 0 Å². The molecule has 0 aromatic heterocycles. The Bertz CT molecular complexity index is 434. The minimum atomic E-state index is 0.00224. The Morgan fingerprint density at radius 1 is 1.29 bits per heavy atom. The first-order chi connectivity index (χ1) is 11.3. The summed E-state index contributed by atoms with van der Waals surface area (Å²) >= 11 is 3.39. The molecule has 5 unspecified atom stereocenters. The molecule has 0 bridgehead atoms. The Kier molecular flexibility index (Phi) is 6.84. The molecule has 0 heterocycles. The summed E-state index contributed by atoms with van der Waals surface area (Å²) in [5.41, 5.74) is 0.627. The first-order valence-corrected chi connectivity index (χ1v) is 11.1. The van der Waals surface area contributed by atoms with Crippen LogP contribution in [0.3, 0.4) is 0 Å². The van der Waals surface area contributed by atoms with Crippen LogP contribution in [0, 0.1) is 28.6 Å². The highest BCUT2D eigenvalue weighted by Gasteiger charge is 2.55. The van der Waals surface area contributed by atoms with Gasteiger partial charge in [-0.3, -0.25) is 4.79 Å². The van der Waals surface area contributed by atoms with Crippen molar-refractivity contribution in [2.24, 2.45) is 28.6 Å². The van der Waals surface area contributed by atoms with E-state index < -0.39 is 0 Å². The van der Waals surface area contributed by atoms with Gasteiger partial charge in [-0.05, 0) is 61.7 Å². The molecule has 0 radical (unpaired) electrons. The quantitative estimate of drug-likeness (QED) is 0.366. The van der Waals surface area contributed by atoms with Crippen molar-refractivity contribution in [2.45, 2.75) is 92.1 Å². The lowest BCUT2D eigenvalue weighted by Crippen LogP contribution is -2.47. The first-order valence-electron chi connectivity index (χ1n) is 10.0. The molecule has 0 aromatic rings. The lowest BCUT2D eigenvalue weighted by Gasteiger charge is -2.51. The van der Waals surface area contributed by atoms with E-state index in [1.165, 1.54) is 32.1 Å². The maximum Gasteiger partial charge on any atom is 0.306 e. The van der Waals surface area contributed by atoms with E-state index >= 15 is 0 Å². The predicted molar refractivity (Wildman–Crippen MR) is 104 cm³/mol. The molecular formula is C21H37BrO2. The Morgan fingerprint density at radius 2 is 2.00 bits per heavy atom. The number of halogens is 1. The number of hydrogen-bond acceptors (Lipinski definition) is 2. The van der Waals surface area contributed by atoms with Crippen LogP contribution >= 0.6 is 15.9 Å². The van der Waals surface area contributed by atoms with Crippen LogP contribution in [0.1, 0.15) is 86.0 Å². The van der Waals surface area contributed by atoms with Crippen LogP contribution in [0.5, 0.6) is 0 Å². The summed E-state index contributed by atoms with van der Waals surface area (Å²) in [6.45, 7) is 12.1. The molecule has 2 rings (SSSR count). The van der Waals surface area contributed by atoms with Crippen LogP contribution in [0.4, 0.5) is 0 Å². The second-order valence-corrected chi connectivity index (χ2v) is 10.00. The zero-order valence-electron chi connectivity index (χ0n) is 16.4. The van der Waals surface area contributed by atoms with E-state index in [-0.39, 0.29) is 17.5 Å². The van der Waals surface area contributed by atoms with Gasteiger partial charge < -0.3 is 4.74 Å². The van der Waals surface area contributed by atoms with E-state index in [2.05, 4.69) is 50.5 Å². The van der Waals surface area contributed by atoms with Gasteiger partial charge in [0.1, 0.15) is 6.10 Å². The van der Waals surface area contributed by atoms with Crippen molar-refractivity contribution < 1.29 is 9.53 Å². The van der Waals surface area contributed by atoms with Crippen LogP contribution in [-0.4, -0.2) is 17.4 Å². The Balaban J connectivity index is 2.05. The van der Waals surface area contributed by atoms with Gasteiger partial charge in [-0.1, -0.05) is 57.0 Å². The average Bonchev–Trinajstić information content (AvgIpc) is 2.83. The first kappa shape index (κ1) is 20.3. The van der Waals surface area contributed by atoms with Crippen molar-refractivity contribution in [2.75, 3.05) is 5.33 Å². The predicted octanol–water partition coefficient (Wildman–Crippen LogP) is 6.36. The third-order valence-corrected chi connectivity index (χ3v) is 7.83. The highest BCUT2D eigenvalue weighted by atomic mass is 79.9. The topological polar surface area (TPSA) is 26.3 Å². The van der Waals surface area contributed by atoms with Crippen LogP contribution < -0.4 is 0 Å². The zero-order valence-corrected chi connectivity index (χ0v) is 18.0. The molecule has 140 valence electrons. The fraction of sp³-hybridized carbons (Fsp3) is 0.952. The number of rotatable bonds is 7. The molecule has 2 fully saturated rings. The molecule has 2 nitrogen and oxygen atoms in total. The molecule has 0 saturated heterocycles. The fourth-order valence-corrected chi connectivity index (χ4v) is 6.28. The van der Waals surface area contributed by atoms with Crippen molar-refractivity contribution in [3.8, 4) is 0 Å². The lowest BCUT2D eigenvalue weighted by molar-refractivity contribution is -0.159. The highest BCUT2D eigenvalue weighted by molar-refractivity contribution is 9.09. The monoisotopic (exact) mass is 400 g/mol. The van der Waals surface area contributed by atoms with Gasteiger partial charge in [0, 0.05) is 17.2 Å². The molecule has 5 atom stereocenters. The van der Waals surface area contributed by atoms with Gasteiger partial charge in [0.05, 0.1) is 0 Å². The van der Waals surface area contributed by atoms with Gasteiger partial charge in [0.15, 0.2) is 0 Å². The van der Waals surface area contributed by atoms with Crippen molar-refractivity contribution in [1.29, 1.82) is 0 Å². The third kappa shape index (κ3) is 4.02. The second kappa shape index (κ2) is 8.10. The smallest absolute Gasteiger partial charge is 0.306 e. The number of carbonyl (C=O) groups is 1. The van der Waals surface area contributed by atoms with E-state index in [1.54, 1.807) is 0 Å². The molecular weight excluding hydrogens is 364 g/mol. The molecule has 0 aromatic carbocycles. The summed E-state index contributed by atoms with van der Waals surface area (Å²) in [5.74, 6) is 2.25. The van der Waals surface area contributed by atoms with E-state index in [4.69, 9.17) is 4.74 Å². The molecule has 0 N–H and O–H groups in total. The van der Waals surface area contributed by atoms with Crippen molar-refractivity contribution in [3.05, 3.63) is 0 Å². The van der Waals surface area contributed by atoms with E-state index in [0.717, 1.165) is 30.0 Å². The van der Waals surface area contributed by atoms with Gasteiger partial charge in [-0.2, -0.15) is 0 Å². The summed E-state index contributed by atoms with van der Waals surface area (Å²) in [4.78, 5) is 12.1. The normalized spacial score (nSPS) is 36.4. The number of hydrogen-bond donors (Lipinski definition) is 0. The van der Waals surface area contributed by atoms with Crippen molar-refractivity contribution >= 4 is 21.9 Å². The third-order valence-electron chi connectivity index (χ3n) is 7.27. The van der Waals surface area contributed by atoms with Gasteiger partial charge in [0.25, 0.3) is 0 Å².